The Kier molecular flexibility index (Phi) is 5.59. The van der Waals surface area contributed by atoms with Gasteiger partial charge in [0.15, 0.2) is 0 Å². The van der Waals surface area contributed by atoms with Crippen LogP contribution in [0.15, 0.2) is 42.5 Å². The zero-order chi connectivity index (χ0) is 15.2. The van der Waals surface area contributed by atoms with Crippen LogP contribution in [0, 0.1) is 5.82 Å². The van der Waals surface area contributed by atoms with Crippen molar-refractivity contribution in [3.05, 3.63) is 58.9 Å². The molecule has 0 unspecified atom stereocenters. The van der Waals surface area contributed by atoms with E-state index in [2.05, 4.69) is 12.2 Å². The van der Waals surface area contributed by atoms with E-state index >= 15 is 0 Å². The van der Waals surface area contributed by atoms with E-state index in [-0.39, 0.29) is 5.82 Å². The van der Waals surface area contributed by atoms with Crippen molar-refractivity contribution in [1.82, 2.24) is 5.32 Å². The van der Waals surface area contributed by atoms with Crippen LogP contribution < -0.4 is 10.2 Å². The van der Waals surface area contributed by atoms with Gasteiger partial charge in [-0.25, -0.2) is 4.39 Å². The highest BCUT2D eigenvalue weighted by atomic mass is 35.5. The fourth-order valence-corrected chi connectivity index (χ4v) is 2.59. The van der Waals surface area contributed by atoms with Gasteiger partial charge >= 0.3 is 0 Å². The smallest absolute Gasteiger partial charge is 0.125 e. The molecule has 21 heavy (non-hydrogen) atoms. The summed E-state index contributed by atoms with van der Waals surface area (Å²) in [5.74, 6) is -0.245. The number of anilines is 2. The van der Waals surface area contributed by atoms with Crippen molar-refractivity contribution < 1.29 is 4.39 Å². The maximum absolute atomic E-state index is 13.4. The molecular weight excluding hydrogens is 287 g/mol. The van der Waals surface area contributed by atoms with E-state index in [0.717, 1.165) is 36.6 Å². The molecule has 4 heteroatoms. The molecule has 0 saturated heterocycles. The Balaban J connectivity index is 2.30. The molecule has 0 bridgehead atoms. The minimum Gasteiger partial charge on any atom is -0.340 e. The largest absolute Gasteiger partial charge is 0.340 e. The van der Waals surface area contributed by atoms with Crippen molar-refractivity contribution >= 4 is 23.0 Å². The summed E-state index contributed by atoms with van der Waals surface area (Å²) in [4.78, 5) is 2.00. The van der Waals surface area contributed by atoms with E-state index in [4.69, 9.17) is 11.6 Å². The molecule has 0 fully saturated rings. The van der Waals surface area contributed by atoms with E-state index in [0.29, 0.717) is 5.02 Å². The van der Waals surface area contributed by atoms with Gasteiger partial charge in [-0.15, -0.1) is 0 Å². The Hall–Kier alpha value is -1.58. The van der Waals surface area contributed by atoms with Gasteiger partial charge in [-0.2, -0.15) is 0 Å². The number of nitrogens with zero attached hydrogens (tertiary/aromatic N) is 1. The number of hydrogen-bond donors (Lipinski definition) is 1. The number of halogens is 2. The molecule has 0 amide bonds. The summed E-state index contributed by atoms with van der Waals surface area (Å²) in [5, 5.41) is 3.95. The molecule has 0 aliphatic rings. The second-order valence-corrected chi connectivity index (χ2v) is 5.20. The molecule has 0 aliphatic heterocycles. The van der Waals surface area contributed by atoms with Crippen LogP contribution in [-0.4, -0.2) is 13.1 Å². The fourth-order valence-electron chi connectivity index (χ4n) is 2.28. The Labute approximate surface area is 130 Å². The van der Waals surface area contributed by atoms with Crippen LogP contribution in [0.5, 0.6) is 0 Å². The average molecular weight is 307 g/mol. The van der Waals surface area contributed by atoms with Crippen LogP contribution in [-0.2, 0) is 6.54 Å². The van der Waals surface area contributed by atoms with E-state index in [9.17, 15) is 4.39 Å². The van der Waals surface area contributed by atoms with Gasteiger partial charge in [-0.3, -0.25) is 0 Å². The molecule has 1 N–H and O–H groups in total. The number of benzene rings is 2. The molecule has 2 rings (SSSR count). The maximum atomic E-state index is 13.4. The van der Waals surface area contributed by atoms with Crippen LogP contribution in [0.2, 0.25) is 5.02 Å². The van der Waals surface area contributed by atoms with Crippen molar-refractivity contribution in [1.29, 1.82) is 0 Å². The van der Waals surface area contributed by atoms with Gasteiger partial charge in [0, 0.05) is 18.8 Å². The molecule has 0 saturated carbocycles. The highest BCUT2D eigenvalue weighted by Crippen LogP contribution is 2.32. The van der Waals surface area contributed by atoms with Crippen LogP contribution in [0.4, 0.5) is 15.8 Å². The van der Waals surface area contributed by atoms with Crippen LogP contribution in [0.1, 0.15) is 19.4 Å². The third kappa shape index (κ3) is 3.96. The molecule has 2 nitrogen and oxygen atoms in total. The van der Waals surface area contributed by atoms with E-state index in [1.54, 1.807) is 6.07 Å². The summed E-state index contributed by atoms with van der Waals surface area (Å²) in [7, 11) is 0. The monoisotopic (exact) mass is 306 g/mol. The highest BCUT2D eigenvalue weighted by Gasteiger charge is 2.12. The van der Waals surface area contributed by atoms with Crippen LogP contribution in [0.3, 0.4) is 0 Å². The number of hydrogen-bond acceptors (Lipinski definition) is 2. The molecule has 112 valence electrons. The molecule has 0 atom stereocenters. The summed E-state index contributed by atoms with van der Waals surface area (Å²) >= 11 is 6.41. The standard InChI is InChI=1S/C17H20ClFN2/c1-3-20-12-13-8-9-17(16(18)10-13)21(4-2)15-7-5-6-14(19)11-15/h5-11,20H,3-4,12H2,1-2H3. The molecular formula is C17H20ClFN2. The first-order valence-corrected chi connectivity index (χ1v) is 7.55. The number of nitrogens with one attached hydrogen (secondary N) is 1. The minimum atomic E-state index is -0.245. The van der Waals surface area contributed by atoms with Gasteiger partial charge in [-0.1, -0.05) is 30.7 Å². The Morgan fingerprint density at radius 3 is 2.57 bits per heavy atom. The predicted molar refractivity (Wildman–Crippen MR) is 87.9 cm³/mol. The lowest BCUT2D eigenvalue weighted by Crippen LogP contribution is -2.17. The Morgan fingerprint density at radius 1 is 1.14 bits per heavy atom. The SMILES string of the molecule is CCNCc1ccc(N(CC)c2cccc(F)c2)c(Cl)c1. The summed E-state index contributed by atoms with van der Waals surface area (Å²) in [5.41, 5.74) is 2.84. The second-order valence-electron chi connectivity index (χ2n) is 4.79. The topological polar surface area (TPSA) is 15.3 Å². The van der Waals surface area contributed by atoms with Gasteiger partial charge in [0.2, 0.25) is 0 Å². The quantitative estimate of drug-likeness (QED) is 0.828. The predicted octanol–water partition coefficient (Wildman–Crippen LogP) is 4.75. The Bertz CT molecular complexity index is 601. The summed E-state index contributed by atoms with van der Waals surface area (Å²) < 4.78 is 13.4. The van der Waals surface area contributed by atoms with Crippen molar-refractivity contribution in [2.24, 2.45) is 0 Å². The first-order chi connectivity index (χ1) is 10.2. The first kappa shape index (κ1) is 15.8. The van der Waals surface area contributed by atoms with Crippen molar-refractivity contribution in [2.45, 2.75) is 20.4 Å². The van der Waals surface area contributed by atoms with E-state index in [1.165, 1.54) is 12.1 Å². The first-order valence-electron chi connectivity index (χ1n) is 7.18. The van der Waals surface area contributed by atoms with Gasteiger partial charge < -0.3 is 10.2 Å². The lowest BCUT2D eigenvalue weighted by Gasteiger charge is -2.24. The Morgan fingerprint density at radius 2 is 1.95 bits per heavy atom. The highest BCUT2D eigenvalue weighted by molar-refractivity contribution is 6.33. The van der Waals surface area contributed by atoms with Gasteiger partial charge in [0.25, 0.3) is 0 Å². The fraction of sp³-hybridized carbons (Fsp3) is 0.294. The lowest BCUT2D eigenvalue weighted by atomic mass is 10.1. The zero-order valence-corrected chi connectivity index (χ0v) is 13.1. The van der Waals surface area contributed by atoms with Crippen LogP contribution >= 0.6 is 11.6 Å². The van der Waals surface area contributed by atoms with Gasteiger partial charge in [0.1, 0.15) is 5.82 Å². The lowest BCUT2D eigenvalue weighted by molar-refractivity contribution is 0.627. The summed E-state index contributed by atoms with van der Waals surface area (Å²) in [6.07, 6.45) is 0. The third-order valence-corrected chi connectivity index (χ3v) is 3.62. The molecule has 0 spiro atoms. The van der Waals surface area contributed by atoms with Gasteiger partial charge in [-0.05, 0) is 49.4 Å². The van der Waals surface area contributed by atoms with E-state index in [1.807, 2.05) is 36.1 Å². The van der Waals surface area contributed by atoms with Crippen molar-refractivity contribution in [3.63, 3.8) is 0 Å². The molecule has 2 aromatic rings. The molecule has 0 heterocycles. The third-order valence-electron chi connectivity index (χ3n) is 3.32. The average Bonchev–Trinajstić information content (AvgIpc) is 2.48. The second kappa shape index (κ2) is 7.43. The maximum Gasteiger partial charge on any atom is 0.125 e. The normalized spacial score (nSPS) is 10.7. The molecule has 2 aromatic carbocycles. The molecule has 0 aliphatic carbocycles. The van der Waals surface area contributed by atoms with Crippen molar-refractivity contribution in [2.75, 3.05) is 18.0 Å². The van der Waals surface area contributed by atoms with Gasteiger partial charge in [0.05, 0.1) is 10.7 Å². The number of rotatable bonds is 6. The minimum absolute atomic E-state index is 0.245. The van der Waals surface area contributed by atoms with E-state index < -0.39 is 0 Å². The van der Waals surface area contributed by atoms with Crippen LogP contribution in [0.25, 0.3) is 0 Å². The molecule has 0 radical (unpaired) electrons. The van der Waals surface area contributed by atoms with Crippen molar-refractivity contribution in [3.8, 4) is 0 Å². The summed E-state index contributed by atoms with van der Waals surface area (Å²) in [6, 6.07) is 12.6. The molecule has 0 aromatic heterocycles. The zero-order valence-electron chi connectivity index (χ0n) is 12.4. The summed E-state index contributed by atoms with van der Waals surface area (Å²) in [6.45, 7) is 6.52.